The van der Waals surface area contributed by atoms with E-state index in [2.05, 4.69) is 19.2 Å². The fourth-order valence-electron chi connectivity index (χ4n) is 9.57. The zero-order valence-electron chi connectivity index (χ0n) is 46.6. The maximum Gasteiger partial charge on any atom is 0.268 e. The quantitative estimate of drug-likeness (QED) is 0.0357. The number of likely N-dealkylation sites (N-methyl/N-ethyl adjacent to an activating group) is 1. The molecule has 0 aromatic carbocycles. The summed E-state index contributed by atoms with van der Waals surface area (Å²) in [6, 6.07) is -0.795. The molecule has 0 spiro atoms. The molecular weight excluding hydrogens is 864 g/mol. The average molecular weight is 986 g/mol. The molecular formula is C59H121N2O6P. The lowest BCUT2D eigenvalue weighted by Crippen LogP contribution is -2.46. The molecule has 9 heteroatoms. The Labute approximate surface area is 425 Å². The number of aliphatic hydroxyl groups excluding tert-OH is 1. The summed E-state index contributed by atoms with van der Waals surface area (Å²) in [6.07, 6.45) is 61.5. The van der Waals surface area contributed by atoms with Crippen molar-refractivity contribution < 1.29 is 32.9 Å². The van der Waals surface area contributed by atoms with Crippen molar-refractivity contribution in [3.8, 4) is 0 Å². The van der Waals surface area contributed by atoms with Gasteiger partial charge in [0.1, 0.15) is 13.2 Å². The van der Waals surface area contributed by atoms with E-state index in [-0.39, 0.29) is 19.1 Å². The number of quaternary nitrogens is 1. The maximum atomic E-state index is 13.0. The lowest BCUT2D eigenvalue weighted by molar-refractivity contribution is -0.870. The van der Waals surface area contributed by atoms with Gasteiger partial charge in [0.25, 0.3) is 7.82 Å². The normalized spacial score (nSPS) is 13.8. The molecule has 0 heterocycles. The van der Waals surface area contributed by atoms with E-state index in [0.717, 1.165) is 38.5 Å². The van der Waals surface area contributed by atoms with Gasteiger partial charge in [0, 0.05) is 6.42 Å². The fourth-order valence-corrected chi connectivity index (χ4v) is 10.3. The number of nitrogens with one attached hydrogen (secondary N) is 1. The number of nitrogens with zero attached hydrogens (tertiary/aromatic N) is 1. The van der Waals surface area contributed by atoms with E-state index in [1.54, 1.807) is 0 Å². The molecule has 3 atom stereocenters. The number of carbonyl (C=O) groups is 1. The topological polar surface area (TPSA) is 108 Å². The molecule has 8 nitrogen and oxygen atoms in total. The number of hydrogen-bond acceptors (Lipinski definition) is 6. The van der Waals surface area contributed by atoms with Crippen LogP contribution in [0.15, 0.2) is 0 Å². The lowest BCUT2D eigenvalue weighted by Gasteiger charge is -2.30. The summed E-state index contributed by atoms with van der Waals surface area (Å²) >= 11 is 0. The summed E-state index contributed by atoms with van der Waals surface area (Å²) in [5.41, 5.74) is 0. The first-order valence-electron chi connectivity index (χ1n) is 30.4. The SMILES string of the molecule is CCCCCCCCCCCCCCCCCCCCCCCCCCCCCCCCCC(=O)N[C@@H](COP(=O)([O-])OCC[N+](C)(C)C)[C@H](O)CCCCCCCCCCCCCCCCC. The van der Waals surface area contributed by atoms with Gasteiger partial charge in [0.15, 0.2) is 0 Å². The van der Waals surface area contributed by atoms with Crippen molar-refractivity contribution in [3.63, 3.8) is 0 Å². The number of unbranched alkanes of at least 4 members (excludes halogenated alkanes) is 44. The zero-order chi connectivity index (χ0) is 49.9. The molecule has 0 aliphatic rings. The van der Waals surface area contributed by atoms with Gasteiger partial charge in [-0.05, 0) is 12.8 Å². The molecule has 408 valence electrons. The van der Waals surface area contributed by atoms with Crippen molar-refractivity contribution in [3.05, 3.63) is 0 Å². The molecule has 0 radical (unpaired) electrons. The van der Waals surface area contributed by atoms with Crippen LogP contribution in [-0.4, -0.2) is 68.5 Å². The van der Waals surface area contributed by atoms with Gasteiger partial charge >= 0.3 is 0 Å². The Kier molecular flexibility index (Phi) is 51.0. The van der Waals surface area contributed by atoms with Crippen molar-refractivity contribution in [2.45, 2.75) is 334 Å². The Morgan fingerprint density at radius 1 is 0.456 bits per heavy atom. The first-order valence-corrected chi connectivity index (χ1v) is 31.8. The van der Waals surface area contributed by atoms with Crippen molar-refractivity contribution in [1.29, 1.82) is 0 Å². The monoisotopic (exact) mass is 985 g/mol. The summed E-state index contributed by atoms with van der Waals surface area (Å²) in [5.74, 6) is -0.156. The van der Waals surface area contributed by atoms with Gasteiger partial charge in [-0.15, -0.1) is 0 Å². The number of amides is 1. The van der Waals surface area contributed by atoms with Gasteiger partial charge in [-0.1, -0.05) is 303 Å². The Hall–Kier alpha value is -0.500. The largest absolute Gasteiger partial charge is 0.756 e. The first kappa shape index (κ1) is 67.5. The van der Waals surface area contributed by atoms with E-state index < -0.39 is 20.0 Å². The Morgan fingerprint density at radius 2 is 0.721 bits per heavy atom. The molecule has 0 aromatic heterocycles. The highest BCUT2D eigenvalue weighted by Crippen LogP contribution is 2.38. The van der Waals surface area contributed by atoms with Crippen molar-refractivity contribution >= 4 is 13.7 Å². The summed E-state index contributed by atoms with van der Waals surface area (Å²) in [5, 5.41) is 14.0. The van der Waals surface area contributed by atoms with Crippen LogP contribution in [0.2, 0.25) is 0 Å². The molecule has 0 saturated heterocycles. The highest BCUT2D eigenvalue weighted by molar-refractivity contribution is 7.45. The first-order chi connectivity index (χ1) is 33.0. The van der Waals surface area contributed by atoms with Gasteiger partial charge < -0.3 is 28.8 Å². The molecule has 0 aliphatic heterocycles. The molecule has 1 unspecified atom stereocenters. The molecule has 0 fully saturated rings. The van der Waals surface area contributed by atoms with E-state index in [1.165, 1.54) is 257 Å². The standard InChI is InChI=1S/C59H121N2O6P/c1-6-8-10-12-14-16-18-20-22-23-24-25-26-27-28-29-30-31-32-33-34-35-36-37-39-41-43-45-47-49-51-53-59(63)60-57(56-67-68(64,65)66-55-54-61(3,4)5)58(62)52-50-48-46-44-42-40-38-21-19-17-15-13-11-9-7-2/h57-58,62H,6-56H2,1-5H3,(H-,60,63,64,65)/t57-,58+/m0/s1. The van der Waals surface area contributed by atoms with Gasteiger partial charge in [-0.2, -0.15) is 0 Å². The molecule has 2 N–H and O–H groups in total. The summed E-state index contributed by atoms with van der Waals surface area (Å²) in [4.78, 5) is 25.5. The summed E-state index contributed by atoms with van der Waals surface area (Å²) < 4.78 is 23.4. The average Bonchev–Trinajstić information content (AvgIpc) is 3.30. The Morgan fingerprint density at radius 3 is 1.00 bits per heavy atom. The predicted octanol–water partition coefficient (Wildman–Crippen LogP) is 17.8. The van der Waals surface area contributed by atoms with E-state index in [9.17, 15) is 19.4 Å². The van der Waals surface area contributed by atoms with Crippen LogP contribution in [0.1, 0.15) is 322 Å². The molecule has 0 saturated carbocycles. The number of hydrogen-bond donors (Lipinski definition) is 2. The van der Waals surface area contributed by atoms with E-state index in [4.69, 9.17) is 9.05 Å². The molecule has 68 heavy (non-hydrogen) atoms. The van der Waals surface area contributed by atoms with Crippen molar-refractivity contribution in [2.75, 3.05) is 40.9 Å². The lowest BCUT2D eigenvalue weighted by atomic mass is 10.0. The van der Waals surface area contributed by atoms with Crippen LogP contribution >= 0.6 is 7.82 Å². The van der Waals surface area contributed by atoms with E-state index >= 15 is 0 Å². The second-order valence-corrected chi connectivity index (χ2v) is 23.8. The van der Waals surface area contributed by atoms with Crippen LogP contribution in [0.5, 0.6) is 0 Å². The minimum absolute atomic E-state index is 0.0165. The van der Waals surface area contributed by atoms with Crippen LogP contribution in [0.25, 0.3) is 0 Å². The van der Waals surface area contributed by atoms with Crippen molar-refractivity contribution in [2.24, 2.45) is 0 Å². The predicted molar refractivity (Wildman–Crippen MR) is 293 cm³/mol. The zero-order valence-corrected chi connectivity index (χ0v) is 47.5. The van der Waals surface area contributed by atoms with Crippen LogP contribution in [0.3, 0.4) is 0 Å². The smallest absolute Gasteiger partial charge is 0.268 e. The third kappa shape index (κ3) is 53.3. The minimum atomic E-state index is -4.57. The fraction of sp³-hybridized carbons (Fsp3) is 0.983. The highest BCUT2D eigenvalue weighted by Gasteiger charge is 2.24. The van der Waals surface area contributed by atoms with Crippen LogP contribution in [0, 0.1) is 0 Å². The number of aliphatic hydroxyl groups is 1. The third-order valence-corrected chi connectivity index (χ3v) is 15.3. The molecule has 0 rings (SSSR count). The van der Waals surface area contributed by atoms with Crippen molar-refractivity contribution in [1.82, 2.24) is 5.32 Å². The third-order valence-electron chi connectivity index (χ3n) is 14.3. The van der Waals surface area contributed by atoms with E-state index in [1.807, 2.05) is 21.1 Å². The Bertz CT molecular complexity index is 1070. The second kappa shape index (κ2) is 51.4. The second-order valence-electron chi connectivity index (χ2n) is 22.4. The minimum Gasteiger partial charge on any atom is -0.756 e. The van der Waals surface area contributed by atoms with Crippen LogP contribution in [0.4, 0.5) is 0 Å². The number of rotatable bonds is 57. The van der Waals surface area contributed by atoms with Gasteiger partial charge in [0.05, 0.1) is 39.9 Å². The van der Waals surface area contributed by atoms with Gasteiger partial charge in [-0.25, -0.2) is 0 Å². The number of phosphoric ester groups is 1. The van der Waals surface area contributed by atoms with Crippen LogP contribution in [-0.2, 0) is 18.4 Å². The maximum absolute atomic E-state index is 13.0. The number of phosphoric acid groups is 1. The highest BCUT2D eigenvalue weighted by atomic mass is 31.2. The molecule has 0 bridgehead atoms. The molecule has 0 aliphatic carbocycles. The molecule has 1 amide bonds. The Balaban J connectivity index is 3.97. The molecule has 0 aromatic rings. The summed E-state index contributed by atoms with van der Waals surface area (Å²) in [7, 11) is 1.33. The number of carbonyl (C=O) groups excluding carboxylic acids is 1. The van der Waals surface area contributed by atoms with E-state index in [0.29, 0.717) is 23.9 Å². The van der Waals surface area contributed by atoms with Crippen LogP contribution < -0.4 is 10.2 Å². The van der Waals surface area contributed by atoms with Gasteiger partial charge in [0.2, 0.25) is 5.91 Å². The van der Waals surface area contributed by atoms with Gasteiger partial charge in [-0.3, -0.25) is 9.36 Å². The summed E-state index contributed by atoms with van der Waals surface area (Å²) in [6.45, 7) is 4.77.